The number of para-hydroxylation sites is 1. The average molecular weight is 417 g/mol. The van der Waals surface area contributed by atoms with Gasteiger partial charge >= 0.3 is 0 Å². The Morgan fingerprint density at radius 2 is 1.68 bits per heavy atom. The minimum absolute atomic E-state index is 0.0416. The highest BCUT2D eigenvalue weighted by Gasteiger charge is 2.18. The van der Waals surface area contributed by atoms with Gasteiger partial charge in [-0.2, -0.15) is 0 Å². The topological polar surface area (TPSA) is 84.5 Å². The van der Waals surface area contributed by atoms with Crippen LogP contribution in [0.5, 0.6) is 5.75 Å². The molecular weight excluding hydrogens is 400 g/mol. The maximum absolute atomic E-state index is 12.7. The number of carbonyl (C=O) groups excluding carboxylic acids is 1. The van der Waals surface area contributed by atoms with Crippen molar-refractivity contribution in [2.24, 2.45) is 0 Å². The number of rotatable bonds is 6. The van der Waals surface area contributed by atoms with Crippen LogP contribution in [0.25, 0.3) is 0 Å². The third-order valence-corrected chi connectivity index (χ3v) is 5.50. The van der Waals surface area contributed by atoms with Crippen LogP contribution >= 0.6 is 11.6 Å². The predicted molar refractivity (Wildman–Crippen MR) is 110 cm³/mol. The minimum Gasteiger partial charge on any atom is -0.497 e. The van der Waals surface area contributed by atoms with Crippen molar-refractivity contribution in [3.8, 4) is 5.75 Å². The molecule has 2 N–H and O–H groups in total. The Kier molecular flexibility index (Phi) is 5.87. The molecule has 0 saturated heterocycles. The molecule has 0 aliphatic heterocycles. The molecule has 0 aliphatic carbocycles. The fourth-order valence-corrected chi connectivity index (χ4v) is 3.69. The van der Waals surface area contributed by atoms with Crippen LogP contribution in [0.1, 0.15) is 10.4 Å². The highest BCUT2D eigenvalue weighted by Crippen LogP contribution is 2.23. The van der Waals surface area contributed by atoms with Gasteiger partial charge < -0.3 is 10.1 Å². The first-order chi connectivity index (χ1) is 13.4. The number of methoxy groups -OCH3 is 1. The first-order valence-corrected chi connectivity index (χ1v) is 10.1. The van der Waals surface area contributed by atoms with E-state index in [4.69, 9.17) is 16.3 Å². The van der Waals surface area contributed by atoms with Crippen LogP contribution < -0.4 is 14.8 Å². The van der Waals surface area contributed by atoms with Crippen molar-refractivity contribution in [1.29, 1.82) is 0 Å². The van der Waals surface area contributed by atoms with Crippen molar-refractivity contribution < 1.29 is 17.9 Å². The molecule has 0 spiro atoms. The number of anilines is 2. The maximum atomic E-state index is 12.7. The van der Waals surface area contributed by atoms with Gasteiger partial charge in [-0.1, -0.05) is 29.8 Å². The summed E-state index contributed by atoms with van der Waals surface area (Å²) >= 11 is 5.81. The molecule has 144 valence electrons. The fourth-order valence-electron chi connectivity index (χ4n) is 2.49. The summed E-state index contributed by atoms with van der Waals surface area (Å²) in [5.74, 6) is 0.136. The van der Waals surface area contributed by atoms with Gasteiger partial charge in [0.05, 0.1) is 23.3 Å². The molecule has 3 aromatic rings. The van der Waals surface area contributed by atoms with Crippen LogP contribution in [0.2, 0.25) is 5.02 Å². The van der Waals surface area contributed by atoms with Gasteiger partial charge in [-0.05, 0) is 48.5 Å². The van der Waals surface area contributed by atoms with Crippen LogP contribution in [0.15, 0.2) is 77.7 Å². The number of hydrogen-bond donors (Lipinski definition) is 2. The summed E-state index contributed by atoms with van der Waals surface area (Å²) in [5, 5.41) is 3.16. The third-order valence-electron chi connectivity index (χ3n) is 3.87. The Hall–Kier alpha value is -3.03. The number of amides is 1. The van der Waals surface area contributed by atoms with Crippen molar-refractivity contribution in [3.05, 3.63) is 83.4 Å². The molecule has 28 heavy (non-hydrogen) atoms. The van der Waals surface area contributed by atoms with E-state index in [1.54, 1.807) is 36.4 Å². The summed E-state index contributed by atoms with van der Waals surface area (Å²) in [4.78, 5) is 12.7. The molecule has 0 heterocycles. The highest BCUT2D eigenvalue weighted by molar-refractivity contribution is 7.92. The van der Waals surface area contributed by atoms with Crippen molar-refractivity contribution in [2.75, 3.05) is 17.1 Å². The SMILES string of the molecule is COc1cccc(NC(=O)c2ccccc2NS(=O)(=O)c2ccc(Cl)cc2)c1. The van der Waals surface area contributed by atoms with Gasteiger partial charge in [-0.15, -0.1) is 0 Å². The van der Waals surface area contributed by atoms with Gasteiger partial charge in [0, 0.05) is 16.8 Å². The Morgan fingerprint density at radius 1 is 0.964 bits per heavy atom. The van der Waals surface area contributed by atoms with Crippen molar-refractivity contribution >= 4 is 38.9 Å². The predicted octanol–water partition coefficient (Wildman–Crippen LogP) is 4.40. The second kappa shape index (κ2) is 8.33. The average Bonchev–Trinajstić information content (AvgIpc) is 2.68. The molecule has 6 nitrogen and oxygen atoms in total. The van der Waals surface area contributed by atoms with E-state index in [0.29, 0.717) is 16.5 Å². The summed E-state index contributed by atoms with van der Waals surface area (Å²) in [5.41, 5.74) is 0.875. The Labute approximate surface area is 168 Å². The van der Waals surface area contributed by atoms with E-state index in [2.05, 4.69) is 10.0 Å². The molecule has 3 aromatic carbocycles. The highest BCUT2D eigenvalue weighted by atomic mass is 35.5. The molecule has 0 aliphatic rings. The van der Waals surface area contributed by atoms with E-state index >= 15 is 0 Å². The molecule has 0 fully saturated rings. The van der Waals surface area contributed by atoms with Crippen LogP contribution in [0.4, 0.5) is 11.4 Å². The minimum atomic E-state index is -3.88. The second-order valence-corrected chi connectivity index (χ2v) is 7.91. The Balaban J connectivity index is 1.86. The zero-order valence-corrected chi connectivity index (χ0v) is 16.4. The molecule has 0 saturated carbocycles. The molecule has 8 heteroatoms. The number of nitrogens with one attached hydrogen (secondary N) is 2. The Morgan fingerprint density at radius 3 is 2.39 bits per heavy atom. The van der Waals surface area contributed by atoms with Crippen LogP contribution in [0, 0.1) is 0 Å². The van der Waals surface area contributed by atoms with E-state index in [9.17, 15) is 13.2 Å². The lowest BCUT2D eigenvalue weighted by Gasteiger charge is -2.13. The van der Waals surface area contributed by atoms with Crippen molar-refractivity contribution in [2.45, 2.75) is 4.90 Å². The summed E-state index contributed by atoms with van der Waals surface area (Å²) < 4.78 is 32.8. The van der Waals surface area contributed by atoms with Crippen LogP contribution in [0.3, 0.4) is 0 Å². The molecule has 0 bridgehead atoms. The number of sulfonamides is 1. The first-order valence-electron chi connectivity index (χ1n) is 8.22. The van der Waals surface area contributed by atoms with Crippen molar-refractivity contribution in [1.82, 2.24) is 0 Å². The standard InChI is InChI=1S/C20H17ClN2O4S/c1-27-16-6-4-5-15(13-16)22-20(24)18-7-2-3-8-19(18)23-28(25,26)17-11-9-14(21)10-12-17/h2-13,23H,1H3,(H,22,24). The summed E-state index contributed by atoms with van der Waals surface area (Å²) in [6.07, 6.45) is 0. The van der Waals surface area contributed by atoms with Gasteiger partial charge in [-0.3, -0.25) is 9.52 Å². The van der Waals surface area contributed by atoms with Gasteiger partial charge in [0.25, 0.3) is 15.9 Å². The number of hydrogen-bond acceptors (Lipinski definition) is 4. The summed E-state index contributed by atoms with van der Waals surface area (Å²) in [7, 11) is -2.35. The molecule has 3 rings (SSSR count). The van der Waals surface area contributed by atoms with E-state index < -0.39 is 15.9 Å². The normalized spacial score (nSPS) is 10.9. The molecule has 0 aromatic heterocycles. The summed E-state index contributed by atoms with van der Waals surface area (Å²) in [6.45, 7) is 0. The van der Waals surface area contributed by atoms with E-state index in [0.717, 1.165) is 0 Å². The monoisotopic (exact) mass is 416 g/mol. The molecule has 0 radical (unpaired) electrons. The van der Waals surface area contributed by atoms with E-state index in [1.807, 2.05) is 0 Å². The number of ether oxygens (including phenoxy) is 1. The third kappa shape index (κ3) is 4.62. The van der Waals surface area contributed by atoms with Crippen LogP contribution in [-0.4, -0.2) is 21.4 Å². The van der Waals surface area contributed by atoms with E-state index in [1.165, 1.54) is 43.5 Å². The number of benzene rings is 3. The number of carbonyl (C=O) groups is 1. The van der Waals surface area contributed by atoms with Crippen LogP contribution in [-0.2, 0) is 10.0 Å². The lowest BCUT2D eigenvalue weighted by molar-refractivity contribution is 0.102. The molecule has 1 amide bonds. The second-order valence-electron chi connectivity index (χ2n) is 5.79. The lowest BCUT2D eigenvalue weighted by Crippen LogP contribution is -2.18. The zero-order chi connectivity index (χ0) is 20.1. The number of halogens is 1. The van der Waals surface area contributed by atoms with Crippen molar-refractivity contribution in [3.63, 3.8) is 0 Å². The molecular formula is C20H17ClN2O4S. The fraction of sp³-hybridized carbons (Fsp3) is 0.0500. The van der Waals surface area contributed by atoms with Gasteiger partial charge in [0.1, 0.15) is 5.75 Å². The Bertz CT molecular complexity index is 1100. The lowest BCUT2D eigenvalue weighted by atomic mass is 10.1. The van der Waals surface area contributed by atoms with Gasteiger partial charge in [-0.25, -0.2) is 8.42 Å². The largest absolute Gasteiger partial charge is 0.497 e. The molecule has 0 atom stereocenters. The zero-order valence-electron chi connectivity index (χ0n) is 14.8. The van der Waals surface area contributed by atoms with E-state index in [-0.39, 0.29) is 16.1 Å². The van der Waals surface area contributed by atoms with Gasteiger partial charge in [0.2, 0.25) is 0 Å². The first kappa shape index (κ1) is 19.7. The van der Waals surface area contributed by atoms with Gasteiger partial charge in [0.15, 0.2) is 0 Å². The maximum Gasteiger partial charge on any atom is 0.261 e. The molecule has 0 unspecified atom stereocenters. The summed E-state index contributed by atoms with van der Waals surface area (Å²) in [6, 6.07) is 19.0. The smallest absolute Gasteiger partial charge is 0.261 e. The quantitative estimate of drug-likeness (QED) is 0.623.